The maximum Gasteiger partial charge on any atom is 0.234 e. The van der Waals surface area contributed by atoms with Gasteiger partial charge >= 0.3 is 0 Å². The van der Waals surface area contributed by atoms with Gasteiger partial charge in [0.2, 0.25) is 6.29 Å². The van der Waals surface area contributed by atoms with E-state index < -0.39 is 6.29 Å². The first kappa shape index (κ1) is 6.64. The normalized spacial score (nSPS) is 17.3. The molecule has 6 heteroatoms. The molecule has 0 radical (unpaired) electrons. The van der Waals surface area contributed by atoms with Gasteiger partial charge in [0.15, 0.2) is 0 Å². The monoisotopic (exact) mass is 165 g/mol. The zero-order valence-electron chi connectivity index (χ0n) is 3.35. The molecule has 1 heterocycles. The molecule has 1 aliphatic rings. The van der Waals surface area contributed by atoms with E-state index in [0.29, 0.717) is 0 Å². The van der Waals surface area contributed by atoms with Crippen molar-refractivity contribution in [3.05, 3.63) is 0 Å². The van der Waals surface area contributed by atoms with E-state index in [1.165, 1.54) is 0 Å². The van der Waals surface area contributed by atoms with Gasteiger partial charge in [-0.05, 0) is 10.4 Å². The summed E-state index contributed by atoms with van der Waals surface area (Å²) >= 11 is 0. The van der Waals surface area contributed by atoms with Gasteiger partial charge in [-0.1, -0.05) is 0 Å². The number of hydrogen-bond acceptors (Lipinski definition) is 5. The van der Waals surface area contributed by atoms with Crippen molar-refractivity contribution in [2.45, 2.75) is 6.29 Å². The van der Waals surface area contributed by atoms with Gasteiger partial charge in [0, 0.05) is 0 Å². The summed E-state index contributed by atoms with van der Waals surface area (Å²) in [5.41, 5.74) is 5.01. The minimum Gasteiger partial charge on any atom is -0.288 e. The highest BCUT2D eigenvalue weighted by Crippen LogP contribution is 1.95. The largest absolute Gasteiger partial charge is 0.288 e. The molecular weight excluding hydrogens is 162 g/mol. The lowest BCUT2D eigenvalue weighted by Crippen LogP contribution is -2.09. The van der Waals surface area contributed by atoms with Crippen molar-refractivity contribution in [3.63, 3.8) is 0 Å². The van der Waals surface area contributed by atoms with Crippen molar-refractivity contribution < 1.29 is 0 Å². The van der Waals surface area contributed by atoms with E-state index in [1.807, 2.05) is 0 Å². The molecule has 0 spiro atoms. The van der Waals surface area contributed by atoms with Gasteiger partial charge in [-0.25, -0.2) is 0 Å². The third kappa shape index (κ3) is 1.69. The smallest absolute Gasteiger partial charge is 0.234 e. The fourth-order valence-electron chi connectivity index (χ4n) is 0.175. The minimum atomic E-state index is -0.537. The van der Waals surface area contributed by atoms with Gasteiger partial charge in [0.1, 0.15) is 0 Å². The van der Waals surface area contributed by atoms with Crippen LogP contribution >= 0.6 is 17.0 Å². The number of nitrogens with two attached hydrogens (primary N) is 1. The average Bonchev–Trinajstić information content (AvgIpc) is 1.86. The topological polar surface area (TPSA) is 75.5 Å². The van der Waals surface area contributed by atoms with E-state index in [4.69, 9.17) is 5.73 Å². The lowest BCUT2D eigenvalue weighted by atomic mass is 11.0. The Hall–Kier alpha value is -0.360. The highest BCUT2D eigenvalue weighted by Gasteiger charge is 1.96. The number of halogens is 1. The lowest BCUT2D eigenvalue weighted by molar-refractivity contribution is 0.742. The van der Waals surface area contributed by atoms with Crippen molar-refractivity contribution >= 4 is 17.0 Å². The zero-order chi connectivity index (χ0) is 4.41. The minimum absolute atomic E-state index is 0. The summed E-state index contributed by atoms with van der Waals surface area (Å²) in [6, 6.07) is 0. The maximum atomic E-state index is 5.01. The molecule has 2 N–H and O–H groups in total. The van der Waals surface area contributed by atoms with Crippen molar-refractivity contribution in [3.8, 4) is 0 Å². The second-order valence-corrected chi connectivity index (χ2v) is 0.823. The standard InChI is InChI=1S/CH3N5.BrH/c2-1-3-5-6-4-1;/h1H,2H2;1H. The van der Waals surface area contributed by atoms with Crippen LogP contribution in [0.4, 0.5) is 0 Å². The van der Waals surface area contributed by atoms with Crippen molar-refractivity contribution in [1.29, 1.82) is 0 Å². The maximum absolute atomic E-state index is 5.01. The van der Waals surface area contributed by atoms with Crippen LogP contribution in [0, 0.1) is 0 Å². The van der Waals surface area contributed by atoms with E-state index in [2.05, 4.69) is 20.7 Å². The Morgan fingerprint density at radius 2 is 1.57 bits per heavy atom. The quantitative estimate of drug-likeness (QED) is 0.563. The van der Waals surface area contributed by atoms with Crippen LogP contribution in [0.5, 0.6) is 0 Å². The summed E-state index contributed by atoms with van der Waals surface area (Å²) < 4.78 is 0. The summed E-state index contributed by atoms with van der Waals surface area (Å²) in [6.45, 7) is 0. The Kier molecular flexibility index (Phi) is 2.61. The summed E-state index contributed by atoms with van der Waals surface area (Å²) in [5, 5.41) is 12.9. The Bertz CT molecular complexity index is 84.3. The molecule has 0 amide bonds. The fraction of sp³-hybridized carbons (Fsp3) is 1.00. The molecule has 0 aromatic rings. The molecule has 0 aromatic heterocycles. The predicted octanol–water partition coefficient (Wildman–Crippen LogP) is 0.640. The van der Waals surface area contributed by atoms with Gasteiger partial charge in [-0.3, -0.25) is 5.73 Å². The van der Waals surface area contributed by atoms with Gasteiger partial charge in [-0.15, -0.1) is 27.2 Å². The molecule has 0 bridgehead atoms. The number of hydrogen-bond donors (Lipinski definition) is 1. The zero-order valence-corrected chi connectivity index (χ0v) is 5.06. The highest BCUT2D eigenvalue weighted by atomic mass is 79.9. The van der Waals surface area contributed by atoms with E-state index in [9.17, 15) is 0 Å². The van der Waals surface area contributed by atoms with Gasteiger partial charge in [-0.2, -0.15) is 0 Å². The molecule has 0 saturated heterocycles. The first-order valence-electron chi connectivity index (χ1n) is 1.45. The average molecular weight is 166 g/mol. The van der Waals surface area contributed by atoms with Gasteiger partial charge in [0.25, 0.3) is 0 Å². The Balaban J connectivity index is 0.000000360. The lowest BCUT2D eigenvalue weighted by Gasteiger charge is -1.78. The van der Waals surface area contributed by atoms with E-state index in [1.54, 1.807) is 0 Å². The van der Waals surface area contributed by atoms with E-state index in [-0.39, 0.29) is 17.0 Å². The SMILES string of the molecule is Br.NC1N=NN=N1. The molecule has 40 valence electrons. The second-order valence-electron chi connectivity index (χ2n) is 0.823. The summed E-state index contributed by atoms with van der Waals surface area (Å²) in [6.07, 6.45) is -0.537. The summed E-state index contributed by atoms with van der Waals surface area (Å²) in [7, 11) is 0. The first-order chi connectivity index (χ1) is 2.89. The highest BCUT2D eigenvalue weighted by molar-refractivity contribution is 8.93. The van der Waals surface area contributed by atoms with Crippen LogP contribution in [0.2, 0.25) is 0 Å². The number of rotatable bonds is 0. The van der Waals surface area contributed by atoms with Crippen LogP contribution in [-0.2, 0) is 0 Å². The van der Waals surface area contributed by atoms with Crippen molar-refractivity contribution in [2.75, 3.05) is 0 Å². The first-order valence-corrected chi connectivity index (χ1v) is 1.45. The molecule has 0 atom stereocenters. The molecule has 0 saturated carbocycles. The van der Waals surface area contributed by atoms with Crippen LogP contribution in [-0.4, -0.2) is 6.29 Å². The number of nitrogens with zero attached hydrogens (tertiary/aromatic N) is 4. The Morgan fingerprint density at radius 1 is 1.14 bits per heavy atom. The molecule has 0 unspecified atom stereocenters. The Morgan fingerprint density at radius 3 is 1.71 bits per heavy atom. The third-order valence-electron chi connectivity index (χ3n) is 0.380. The van der Waals surface area contributed by atoms with Crippen LogP contribution in [0.3, 0.4) is 0 Å². The second kappa shape index (κ2) is 2.75. The molecule has 1 rings (SSSR count). The van der Waals surface area contributed by atoms with Crippen molar-refractivity contribution in [1.82, 2.24) is 0 Å². The van der Waals surface area contributed by atoms with E-state index >= 15 is 0 Å². The molecule has 0 aliphatic carbocycles. The molecule has 0 aromatic carbocycles. The fourth-order valence-corrected chi connectivity index (χ4v) is 0.175. The molecule has 0 fully saturated rings. The third-order valence-corrected chi connectivity index (χ3v) is 0.380. The summed E-state index contributed by atoms with van der Waals surface area (Å²) in [5.74, 6) is 0. The molecular formula is CH4BrN5. The van der Waals surface area contributed by atoms with Crippen LogP contribution in [0.1, 0.15) is 0 Å². The predicted molar refractivity (Wildman–Crippen MR) is 28.0 cm³/mol. The van der Waals surface area contributed by atoms with Crippen LogP contribution in [0.25, 0.3) is 0 Å². The Labute approximate surface area is 50.4 Å². The van der Waals surface area contributed by atoms with Gasteiger partial charge < -0.3 is 0 Å². The van der Waals surface area contributed by atoms with E-state index in [0.717, 1.165) is 0 Å². The molecule has 7 heavy (non-hydrogen) atoms. The van der Waals surface area contributed by atoms with Crippen LogP contribution < -0.4 is 5.73 Å². The molecule has 5 nitrogen and oxygen atoms in total. The van der Waals surface area contributed by atoms with Gasteiger partial charge in [0.05, 0.1) is 0 Å². The van der Waals surface area contributed by atoms with Crippen molar-refractivity contribution in [2.24, 2.45) is 26.4 Å². The molecule has 1 aliphatic heterocycles. The summed E-state index contributed by atoms with van der Waals surface area (Å²) in [4.78, 5) is 0. The van der Waals surface area contributed by atoms with Crippen LogP contribution in [0.15, 0.2) is 20.7 Å².